The minimum Gasteiger partial charge on any atom is -0.483 e. The highest BCUT2D eigenvalue weighted by atomic mass is 16.5. The molecule has 5 heteroatoms. The van der Waals surface area contributed by atoms with Gasteiger partial charge < -0.3 is 14.5 Å². The fourth-order valence-corrected chi connectivity index (χ4v) is 2.26. The summed E-state index contributed by atoms with van der Waals surface area (Å²) in [6, 6.07) is 15.0. The Balaban J connectivity index is 1.84. The van der Waals surface area contributed by atoms with Gasteiger partial charge in [0.15, 0.2) is 12.2 Å². The summed E-state index contributed by atoms with van der Waals surface area (Å²) in [4.78, 5) is 16.2. The van der Waals surface area contributed by atoms with Crippen LogP contribution < -0.4 is 10.1 Å². The van der Waals surface area contributed by atoms with Gasteiger partial charge in [0.25, 0.3) is 5.91 Å². The summed E-state index contributed by atoms with van der Waals surface area (Å²) >= 11 is 0. The lowest BCUT2D eigenvalue weighted by molar-refractivity contribution is -0.123. The zero-order chi connectivity index (χ0) is 16.2. The molecule has 0 radical (unpaired) electrons. The average molecular weight is 310 g/mol. The van der Waals surface area contributed by atoms with Gasteiger partial charge in [0.2, 0.25) is 5.89 Å². The summed E-state index contributed by atoms with van der Waals surface area (Å²) in [7, 11) is 0. The lowest BCUT2D eigenvalue weighted by atomic mass is 10.2. The molecule has 1 aromatic heterocycles. The van der Waals surface area contributed by atoms with E-state index in [-0.39, 0.29) is 18.6 Å². The summed E-state index contributed by atoms with van der Waals surface area (Å²) < 4.78 is 11.4. The normalized spacial score (nSPS) is 10.9. The van der Waals surface area contributed by atoms with Crippen molar-refractivity contribution in [3.8, 4) is 17.2 Å². The van der Waals surface area contributed by atoms with Crippen molar-refractivity contribution in [3.05, 3.63) is 48.5 Å². The molecule has 0 atom stereocenters. The smallest absolute Gasteiger partial charge is 0.258 e. The van der Waals surface area contributed by atoms with Crippen LogP contribution in [0.15, 0.2) is 52.9 Å². The number of benzene rings is 2. The van der Waals surface area contributed by atoms with Gasteiger partial charge in [-0.25, -0.2) is 4.98 Å². The molecule has 0 fully saturated rings. The van der Waals surface area contributed by atoms with Crippen molar-refractivity contribution in [2.45, 2.75) is 19.9 Å². The molecular weight excluding hydrogens is 292 g/mol. The first-order valence-electron chi connectivity index (χ1n) is 7.50. The number of carbonyl (C=O) groups is 1. The predicted octanol–water partition coefficient (Wildman–Crippen LogP) is 3.40. The Labute approximate surface area is 134 Å². The molecule has 1 N–H and O–H groups in total. The van der Waals surface area contributed by atoms with E-state index in [0.717, 1.165) is 16.7 Å². The van der Waals surface area contributed by atoms with Gasteiger partial charge in [0, 0.05) is 6.04 Å². The third kappa shape index (κ3) is 3.51. The van der Waals surface area contributed by atoms with Crippen LogP contribution >= 0.6 is 0 Å². The number of para-hydroxylation sites is 3. The van der Waals surface area contributed by atoms with Crippen LogP contribution in [-0.4, -0.2) is 23.5 Å². The Kier molecular flexibility index (Phi) is 4.28. The van der Waals surface area contributed by atoms with Gasteiger partial charge in [-0.1, -0.05) is 24.3 Å². The van der Waals surface area contributed by atoms with Crippen LogP contribution in [0.1, 0.15) is 13.8 Å². The maximum Gasteiger partial charge on any atom is 0.258 e. The Hall–Kier alpha value is -2.82. The lowest BCUT2D eigenvalue weighted by Crippen LogP contribution is -2.34. The number of hydrogen-bond donors (Lipinski definition) is 1. The van der Waals surface area contributed by atoms with E-state index in [1.807, 2.05) is 56.3 Å². The van der Waals surface area contributed by atoms with Gasteiger partial charge in [-0.2, -0.15) is 0 Å². The monoisotopic (exact) mass is 310 g/mol. The summed E-state index contributed by atoms with van der Waals surface area (Å²) in [5, 5.41) is 2.79. The molecule has 0 spiro atoms. The highest BCUT2D eigenvalue weighted by Gasteiger charge is 2.14. The van der Waals surface area contributed by atoms with Crippen LogP contribution in [-0.2, 0) is 4.79 Å². The Morgan fingerprint density at radius 3 is 2.70 bits per heavy atom. The van der Waals surface area contributed by atoms with Crippen LogP contribution in [0, 0.1) is 0 Å². The molecule has 118 valence electrons. The van der Waals surface area contributed by atoms with E-state index in [2.05, 4.69) is 10.3 Å². The molecule has 0 saturated heterocycles. The predicted molar refractivity (Wildman–Crippen MR) is 88.2 cm³/mol. The summed E-state index contributed by atoms with van der Waals surface area (Å²) in [6.07, 6.45) is 0. The zero-order valence-electron chi connectivity index (χ0n) is 13.1. The molecule has 3 aromatic rings. The highest BCUT2D eigenvalue weighted by molar-refractivity contribution is 5.79. The SMILES string of the molecule is CC(C)NC(=O)COc1ccccc1-c1nc2ccccc2o1. The van der Waals surface area contributed by atoms with Crippen molar-refractivity contribution in [1.82, 2.24) is 10.3 Å². The lowest BCUT2D eigenvalue weighted by Gasteiger charge is -2.11. The number of ether oxygens (including phenoxy) is 1. The van der Waals surface area contributed by atoms with Crippen molar-refractivity contribution in [2.75, 3.05) is 6.61 Å². The maximum absolute atomic E-state index is 11.7. The number of fused-ring (bicyclic) bond motifs is 1. The molecule has 0 aliphatic heterocycles. The standard InChI is InChI=1S/C18H18N2O3/c1-12(2)19-17(21)11-22-15-9-5-3-7-13(15)18-20-14-8-4-6-10-16(14)23-18/h3-10,12H,11H2,1-2H3,(H,19,21). The van der Waals surface area contributed by atoms with E-state index in [1.54, 1.807) is 6.07 Å². The first-order chi connectivity index (χ1) is 11.1. The van der Waals surface area contributed by atoms with Gasteiger partial charge >= 0.3 is 0 Å². The molecule has 1 amide bonds. The number of oxazole rings is 1. The average Bonchev–Trinajstić information content (AvgIpc) is 2.96. The Morgan fingerprint density at radius 2 is 1.91 bits per heavy atom. The van der Waals surface area contributed by atoms with Gasteiger partial charge in [0.1, 0.15) is 11.3 Å². The van der Waals surface area contributed by atoms with Crippen LogP contribution in [0.5, 0.6) is 5.75 Å². The van der Waals surface area contributed by atoms with Gasteiger partial charge in [-0.05, 0) is 38.1 Å². The van der Waals surface area contributed by atoms with Crippen molar-refractivity contribution < 1.29 is 13.9 Å². The molecule has 0 saturated carbocycles. The number of hydrogen-bond acceptors (Lipinski definition) is 4. The highest BCUT2D eigenvalue weighted by Crippen LogP contribution is 2.31. The van der Waals surface area contributed by atoms with E-state index in [1.165, 1.54) is 0 Å². The third-order valence-corrected chi connectivity index (χ3v) is 3.22. The number of nitrogens with one attached hydrogen (secondary N) is 1. The van der Waals surface area contributed by atoms with Gasteiger partial charge in [-0.3, -0.25) is 4.79 Å². The molecule has 2 aromatic carbocycles. The third-order valence-electron chi connectivity index (χ3n) is 3.22. The van der Waals surface area contributed by atoms with Crippen molar-refractivity contribution in [1.29, 1.82) is 0 Å². The number of carbonyl (C=O) groups excluding carboxylic acids is 1. The fraction of sp³-hybridized carbons (Fsp3) is 0.222. The molecule has 0 aliphatic rings. The summed E-state index contributed by atoms with van der Waals surface area (Å²) in [5.41, 5.74) is 2.23. The Bertz CT molecular complexity index is 791. The van der Waals surface area contributed by atoms with Crippen LogP contribution in [0.3, 0.4) is 0 Å². The minimum atomic E-state index is -0.160. The van der Waals surface area contributed by atoms with E-state index in [0.29, 0.717) is 11.6 Å². The summed E-state index contributed by atoms with van der Waals surface area (Å²) in [6.45, 7) is 3.77. The van der Waals surface area contributed by atoms with Crippen molar-refractivity contribution in [3.63, 3.8) is 0 Å². The van der Waals surface area contributed by atoms with Crippen molar-refractivity contribution >= 4 is 17.0 Å². The van der Waals surface area contributed by atoms with E-state index < -0.39 is 0 Å². The second-order valence-corrected chi connectivity index (χ2v) is 5.49. The molecular formula is C18H18N2O3. The second kappa shape index (κ2) is 6.52. The number of rotatable bonds is 5. The number of aromatic nitrogens is 1. The van der Waals surface area contributed by atoms with Gasteiger partial charge in [-0.15, -0.1) is 0 Å². The molecule has 0 bridgehead atoms. The summed E-state index contributed by atoms with van der Waals surface area (Å²) in [5.74, 6) is 0.886. The maximum atomic E-state index is 11.7. The first-order valence-corrected chi connectivity index (χ1v) is 7.50. The van der Waals surface area contributed by atoms with Crippen LogP contribution in [0.25, 0.3) is 22.6 Å². The van der Waals surface area contributed by atoms with E-state index in [4.69, 9.17) is 9.15 Å². The molecule has 3 rings (SSSR count). The van der Waals surface area contributed by atoms with Gasteiger partial charge in [0.05, 0.1) is 5.56 Å². The minimum absolute atomic E-state index is 0.0462. The Morgan fingerprint density at radius 1 is 1.17 bits per heavy atom. The number of amides is 1. The molecule has 1 heterocycles. The van der Waals surface area contributed by atoms with Crippen LogP contribution in [0.4, 0.5) is 0 Å². The largest absolute Gasteiger partial charge is 0.483 e. The zero-order valence-corrected chi connectivity index (χ0v) is 13.1. The van der Waals surface area contributed by atoms with Crippen LogP contribution in [0.2, 0.25) is 0 Å². The molecule has 0 unspecified atom stereocenters. The first kappa shape index (κ1) is 15.1. The van der Waals surface area contributed by atoms with E-state index in [9.17, 15) is 4.79 Å². The fourth-order valence-electron chi connectivity index (χ4n) is 2.26. The molecule has 23 heavy (non-hydrogen) atoms. The second-order valence-electron chi connectivity index (χ2n) is 5.49. The molecule has 0 aliphatic carbocycles. The quantitative estimate of drug-likeness (QED) is 0.784. The number of nitrogens with zero attached hydrogens (tertiary/aromatic N) is 1. The van der Waals surface area contributed by atoms with E-state index >= 15 is 0 Å². The molecule has 5 nitrogen and oxygen atoms in total. The topological polar surface area (TPSA) is 64.4 Å². The van der Waals surface area contributed by atoms with Crippen molar-refractivity contribution in [2.24, 2.45) is 0 Å².